The summed E-state index contributed by atoms with van der Waals surface area (Å²) < 4.78 is 113. The second-order valence-corrected chi connectivity index (χ2v) is 9.23. The van der Waals surface area contributed by atoms with E-state index in [1.165, 1.54) is 0 Å². The number of alkyl halides is 3. The number of benzene rings is 3. The molecule has 35 heavy (non-hydrogen) atoms. The Morgan fingerprint density at radius 1 is 0.971 bits per heavy atom. The molecule has 3 aromatic carbocycles. The van der Waals surface area contributed by atoms with Gasteiger partial charge in [0.2, 0.25) is 6.10 Å². The van der Waals surface area contributed by atoms with Crippen molar-refractivity contribution in [3.8, 4) is 5.75 Å². The van der Waals surface area contributed by atoms with Crippen LogP contribution in [-0.2, 0) is 10.0 Å². The van der Waals surface area contributed by atoms with Crippen LogP contribution in [0.25, 0.3) is 0 Å². The van der Waals surface area contributed by atoms with Crippen LogP contribution >= 0.6 is 0 Å². The highest BCUT2D eigenvalue weighted by atomic mass is 32.2. The molecule has 1 unspecified atom stereocenters. The number of fused-ring (bicyclic) bond motifs is 1. The predicted octanol–water partition coefficient (Wildman–Crippen LogP) is 4.87. The van der Waals surface area contributed by atoms with Crippen LogP contribution in [0.1, 0.15) is 10.4 Å². The molecule has 0 aliphatic carbocycles. The third-order valence-corrected chi connectivity index (χ3v) is 6.84. The largest absolute Gasteiger partial charge is 0.477 e. The number of ether oxygens (including phenoxy) is 1. The van der Waals surface area contributed by atoms with Gasteiger partial charge in [-0.3, -0.25) is 9.10 Å². The Kier molecular flexibility index (Phi) is 6.13. The van der Waals surface area contributed by atoms with Gasteiger partial charge in [-0.05, 0) is 54.6 Å². The molecule has 0 fully saturated rings. The fraction of sp³-hybridized carbons (Fsp3) is 0.136. The Hall–Kier alpha value is -3.74. The van der Waals surface area contributed by atoms with E-state index in [0.717, 1.165) is 60.7 Å². The van der Waals surface area contributed by atoms with Crippen molar-refractivity contribution in [1.29, 1.82) is 0 Å². The van der Waals surface area contributed by atoms with Gasteiger partial charge in [0.15, 0.2) is 0 Å². The third kappa shape index (κ3) is 4.76. The second kappa shape index (κ2) is 8.80. The molecule has 0 bridgehead atoms. The van der Waals surface area contributed by atoms with Gasteiger partial charge in [0, 0.05) is 5.69 Å². The van der Waals surface area contributed by atoms with E-state index in [0.29, 0.717) is 4.31 Å². The maximum atomic E-state index is 13.9. The van der Waals surface area contributed by atoms with Crippen LogP contribution in [0.15, 0.2) is 65.6 Å². The number of rotatable bonds is 4. The minimum atomic E-state index is -4.93. The molecule has 1 aliphatic rings. The van der Waals surface area contributed by atoms with Gasteiger partial charge in [-0.25, -0.2) is 21.6 Å². The molecule has 184 valence electrons. The van der Waals surface area contributed by atoms with Gasteiger partial charge in [-0.15, -0.1) is 0 Å². The van der Waals surface area contributed by atoms with E-state index in [4.69, 9.17) is 4.74 Å². The highest BCUT2D eigenvalue weighted by Crippen LogP contribution is 2.42. The van der Waals surface area contributed by atoms with Crippen molar-refractivity contribution in [2.75, 3.05) is 16.2 Å². The highest BCUT2D eigenvalue weighted by Gasteiger charge is 2.48. The zero-order valence-electron chi connectivity index (χ0n) is 17.3. The van der Waals surface area contributed by atoms with E-state index < -0.39 is 68.4 Å². The Morgan fingerprint density at radius 3 is 2.20 bits per heavy atom. The first-order valence-corrected chi connectivity index (χ1v) is 11.2. The van der Waals surface area contributed by atoms with Crippen molar-refractivity contribution in [3.63, 3.8) is 0 Å². The summed E-state index contributed by atoms with van der Waals surface area (Å²) in [6.45, 7) is -1.17. The van der Waals surface area contributed by atoms with Gasteiger partial charge in [-0.1, -0.05) is 6.07 Å². The molecule has 1 aliphatic heterocycles. The summed E-state index contributed by atoms with van der Waals surface area (Å²) in [5, 5.41) is 2.18. The van der Waals surface area contributed by atoms with E-state index >= 15 is 0 Å². The first kappa shape index (κ1) is 24.4. The molecule has 0 spiro atoms. The van der Waals surface area contributed by atoms with Gasteiger partial charge >= 0.3 is 6.18 Å². The maximum Gasteiger partial charge on any atom is 0.427 e. The standard InChI is InChI=1S/C22H14F6N2O4S/c23-12-4-7-14(8-5-12)35(32,33)30-11-19(22(26,27)28)34-18-9-6-13(10-17(18)30)29-21(31)20-15(24)2-1-3-16(20)25/h1-10,19H,11H2,(H,29,31). The first-order chi connectivity index (χ1) is 16.4. The van der Waals surface area contributed by atoms with Crippen LogP contribution in [0.3, 0.4) is 0 Å². The van der Waals surface area contributed by atoms with E-state index in [9.17, 15) is 39.6 Å². The molecule has 13 heteroatoms. The fourth-order valence-electron chi connectivity index (χ4n) is 3.37. The van der Waals surface area contributed by atoms with E-state index in [1.54, 1.807) is 0 Å². The molecule has 1 amide bonds. The van der Waals surface area contributed by atoms with Crippen molar-refractivity contribution in [3.05, 3.63) is 83.7 Å². The number of sulfonamides is 1. The average Bonchev–Trinajstić information content (AvgIpc) is 2.78. The van der Waals surface area contributed by atoms with Gasteiger partial charge in [0.25, 0.3) is 15.9 Å². The molecule has 6 nitrogen and oxygen atoms in total. The van der Waals surface area contributed by atoms with Crippen LogP contribution in [-0.4, -0.2) is 33.1 Å². The number of anilines is 2. The summed E-state index contributed by atoms with van der Waals surface area (Å²) in [4.78, 5) is 11.9. The summed E-state index contributed by atoms with van der Waals surface area (Å²) in [5.41, 5.74) is -1.46. The van der Waals surface area contributed by atoms with Crippen LogP contribution in [0.5, 0.6) is 5.75 Å². The summed E-state index contributed by atoms with van der Waals surface area (Å²) >= 11 is 0. The average molecular weight is 516 g/mol. The lowest BCUT2D eigenvalue weighted by molar-refractivity contribution is -0.192. The number of carbonyl (C=O) groups is 1. The first-order valence-electron chi connectivity index (χ1n) is 9.79. The minimum Gasteiger partial charge on any atom is -0.477 e. The van der Waals surface area contributed by atoms with E-state index in [-0.39, 0.29) is 11.4 Å². The van der Waals surface area contributed by atoms with Crippen LogP contribution in [0.4, 0.5) is 37.7 Å². The smallest absolute Gasteiger partial charge is 0.427 e. The highest BCUT2D eigenvalue weighted by molar-refractivity contribution is 7.92. The van der Waals surface area contributed by atoms with Crippen molar-refractivity contribution in [1.82, 2.24) is 0 Å². The van der Waals surface area contributed by atoms with Crippen molar-refractivity contribution < 1.29 is 44.3 Å². The Morgan fingerprint density at radius 2 is 1.60 bits per heavy atom. The number of nitrogens with zero attached hydrogens (tertiary/aromatic N) is 1. The number of hydrogen-bond donors (Lipinski definition) is 1. The second-order valence-electron chi connectivity index (χ2n) is 7.37. The molecule has 0 aromatic heterocycles. The zero-order chi connectivity index (χ0) is 25.5. The van der Waals surface area contributed by atoms with Crippen LogP contribution in [0, 0.1) is 17.5 Å². The monoisotopic (exact) mass is 516 g/mol. The molecule has 0 radical (unpaired) electrons. The molecule has 1 N–H and O–H groups in total. The lowest BCUT2D eigenvalue weighted by atomic mass is 10.1. The minimum absolute atomic E-state index is 0.176. The summed E-state index contributed by atoms with van der Waals surface area (Å²) in [5.74, 6) is -4.75. The van der Waals surface area contributed by atoms with Crippen molar-refractivity contribution >= 4 is 27.3 Å². The van der Waals surface area contributed by atoms with E-state index in [2.05, 4.69) is 5.32 Å². The number of hydrogen-bond acceptors (Lipinski definition) is 4. The van der Waals surface area contributed by atoms with E-state index in [1.807, 2.05) is 0 Å². The zero-order valence-corrected chi connectivity index (χ0v) is 18.1. The molecule has 1 heterocycles. The molecular formula is C22H14F6N2O4S. The Bertz CT molecular complexity index is 1370. The van der Waals surface area contributed by atoms with Crippen molar-refractivity contribution in [2.45, 2.75) is 17.2 Å². The fourth-order valence-corrected chi connectivity index (χ4v) is 4.84. The molecule has 0 saturated heterocycles. The SMILES string of the molecule is O=C(Nc1ccc2c(c1)N(S(=O)(=O)c1ccc(F)cc1)CC(C(F)(F)F)O2)c1c(F)cccc1F. The maximum absolute atomic E-state index is 13.9. The molecule has 3 aromatic rings. The molecular weight excluding hydrogens is 502 g/mol. The number of carbonyl (C=O) groups excluding carboxylic acids is 1. The summed E-state index contributed by atoms with van der Waals surface area (Å²) in [6, 6.07) is 9.23. The van der Waals surface area contributed by atoms with Crippen LogP contribution in [0.2, 0.25) is 0 Å². The van der Waals surface area contributed by atoms with Gasteiger partial charge in [0.05, 0.1) is 17.1 Å². The van der Waals surface area contributed by atoms with Gasteiger partial charge < -0.3 is 10.1 Å². The lowest BCUT2D eigenvalue weighted by Crippen LogP contribution is -2.50. The van der Waals surface area contributed by atoms with Gasteiger partial charge in [0.1, 0.15) is 28.8 Å². The number of nitrogens with one attached hydrogen (secondary N) is 1. The normalized spacial score (nSPS) is 15.8. The van der Waals surface area contributed by atoms with Gasteiger partial charge in [-0.2, -0.15) is 13.2 Å². The summed E-state index contributed by atoms with van der Waals surface area (Å²) in [6.07, 6.45) is -7.44. The molecule has 4 rings (SSSR count). The third-order valence-electron chi connectivity index (χ3n) is 5.04. The molecule has 1 atom stereocenters. The topological polar surface area (TPSA) is 75.7 Å². The van der Waals surface area contributed by atoms with Crippen molar-refractivity contribution in [2.24, 2.45) is 0 Å². The lowest BCUT2D eigenvalue weighted by Gasteiger charge is -2.36. The Balaban J connectivity index is 1.76. The molecule has 0 saturated carbocycles. The van der Waals surface area contributed by atoms with Crippen LogP contribution < -0.4 is 14.4 Å². The predicted molar refractivity (Wildman–Crippen MR) is 112 cm³/mol. The Labute approximate surface area is 194 Å². The number of halogens is 6. The quantitative estimate of drug-likeness (QED) is 0.502. The number of amides is 1. The summed E-state index contributed by atoms with van der Waals surface area (Å²) in [7, 11) is -4.64.